The average Bonchev–Trinajstić information content (AvgIpc) is 2.56. The number of carbonyl (C=O) groups is 1. The number of amides is 1. The summed E-state index contributed by atoms with van der Waals surface area (Å²) in [6.45, 7) is 4.22. The van der Waals surface area contributed by atoms with Crippen LogP contribution in [-0.4, -0.2) is 43.0 Å². The van der Waals surface area contributed by atoms with E-state index in [9.17, 15) is 4.79 Å². The molecule has 1 saturated heterocycles. The molecule has 0 aromatic carbocycles. The second-order valence-corrected chi connectivity index (χ2v) is 5.86. The molecule has 0 radical (unpaired) electrons. The van der Waals surface area contributed by atoms with Crippen molar-refractivity contribution >= 4 is 17.5 Å². The van der Waals surface area contributed by atoms with Crippen molar-refractivity contribution in [2.45, 2.75) is 31.6 Å². The molecule has 2 atom stereocenters. The zero-order valence-electron chi connectivity index (χ0n) is 10.0. The summed E-state index contributed by atoms with van der Waals surface area (Å²) in [6, 6.07) is 0. The number of methoxy groups -OCH3 is 1. The number of alkyl halides is 1. The number of halogens is 1. The van der Waals surface area contributed by atoms with Crippen molar-refractivity contribution in [2.75, 3.05) is 26.8 Å². The lowest BCUT2D eigenvalue weighted by molar-refractivity contribution is -0.130. The minimum Gasteiger partial charge on any atom is -0.384 e. The van der Waals surface area contributed by atoms with E-state index >= 15 is 0 Å². The Morgan fingerprint density at radius 1 is 1.62 bits per heavy atom. The van der Waals surface area contributed by atoms with Gasteiger partial charge in [0.25, 0.3) is 0 Å². The van der Waals surface area contributed by atoms with Gasteiger partial charge in [-0.2, -0.15) is 0 Å². The largest absolute Gasteiger partial charge is 0.384 e. The average molecular weight is 246 g/mol. The molecule has 16 heavy (non-hydrogen) atoms. The highest BCUT2D eigenvalue weighted by Crippen LogP contribution is 2.51. The summed E-state index contributed by atoms with van der Waals surface area (Å²) in [7, 11) is 1.74. The SMILES string of the molecule is COC[C@@H]1CN(C(=O)[C@@H](C)Cl)CC12CCC2. The van der Waals surface area contributed by atoms with Crippen LogP contribution >= 0.6 is 11.6 Å². The molecule has 0 aromatic heterocycles. The highest BCUT2D eigenvalue weighted by atomic mass is 35.5. The van der Waals surface area contributed by atoms with E-state index in [1.165, 1.54) is 19.3 Å². The molecule has 1 spiro atoms. The zero-order valence-corrected chi connectivity index (χ0v) is 10.8. The number of likely N-dealkylation sites (tertiary alicyclic amines) is 1. The number of carbonyl (C=O) groups excluding carboxylic acids is 1. The number of rotatable bonds is 3. The van der Waals surface area contributed by atoms with Gasteiger partial charge in [-0.1, -0.05) is 6.42 Å². The zero-order chi connectivity index (χ0) is 11.8. The van der Waals surface area contributed by atoms with E-state index in [1.807, 2.05) is 4.90 Å². The van der Waals surface area contributed by atoms with E-state index in [2.05, 4.69) is 0 Å². The number of hydrogen-bond acceptors (Lipinski definition) is 2. The summed E-state index contributed by atoms with van der Waals surface area (Å²) in [6.07, 6.45) is 3.77. The first kappa shape index (κ1) is 12.2. The van der Waals surface area contributed by atoms with Crippen LogP contribution in [0.3, 0.4) is 0 Å². The van der Waals surface area contributed by atoms with Crippen molar-refractivity contribution in [1.82, 2.24) is 4.90 Å². The van der Waals surface area contributed by atoms with Crippen LogP contribution in [0.1, 0.15) is 26.2 Å². The summed E-state index contributed by atoms with van der Waals surface area (Å²) in [4.78, 5) is 13.8. The van der Waals surface area contributed by atoms with Gasteiger partial charge >= 0.3 is 0 Å². The number of ether oxygens (including phenoxy) is 1. The van der Waals surface area contributed by atoms with Crippen LogP contribution in [0.4, 0.5) is 0 Å². The molecule has 1 amide bonds. The van der Waals surface area contributed by atoms with Gasteiger partial charge in [-0.15, -0.1) is 11.6 Å². The van der Waals surface area contributed by atoms with Gasteiger partial charge in [-0.3, -0.25) is 4.79 Å². The van der Waals surface area contributed by atoms with Gasteiger partial charge in [-0.05, 0) is 25.2 Å². The lowest BCUT2D eigenvalue weighted by Gasteiger charge is -2.42. The second-order valence-electron chi connectivity index (χ2n) is 5.20. The molecule has 1 aliphatic carbocycles. The van der Waals surface area contributed by atoms with E-state index in [-0.39, 0.29) is 5.91 Å². The predicted molar refractivity (Wildman–Crippen MR) is 63.5 cm³/mol. The summed E-state index contributed by atoms with van der Waals surface area (Å²) in [5, 5.41) is -0.404. The topological polar surface area (TPSA) is 29.5 Å². The van der Waals surface area contributed by atoms with Gasteiger partial charge in [0.2, 0.25) is 5.91 Å². The molecule has 4 heteroatoms. The maximum Gasteiger partial charge on any atom is 0.240 e. The van der Waals surface area contributed by atoms with Crippen LogP contribution in [-0.2, 0) is 9.53 Å². The predicted octanol–water partition coefficient (Wildman–Crippen LogP) is 1.89. The van der Waals surface area contributed by atoms with Crippen molar-refractivity contribution in [2.24, 2.45) is 11.3 Å². The fourth-order valence-corrected chi connectivity index (χ4v) is 3.22. The van der Waals surface area contributed by atoms with Crippen molar-refractivity contribution in [1.29, 1.82) is 0 Å². The first-order chi connectivity index (χ1) is 7.59. The Hall–Kier alpha value is -0.280. The smallest absolute Gasteiger partial charge is 0.240 e. The Balaban J connectivity index is 2.03. The molecular weight excluding hydrogens is 226 g/mol. The van der Waals surface area contributed by atoms with Crippen LogP contribution in [0.15, 0.2) is 0 Å². The molecule has 1 saturated carbocycles. The van der Waals surface area contributed by atoms with Crippen molar-refractivity contribution in [3.63, 3.8) is 0 Å². The van der Waals surface area contributed by atoms with Crippen molar-refractivity contribution in [3.05, 3.63) is 0 Å². The Morgan fingerprint density at radius 2 is 2.31 bits per heavy atom. The molecule has 1 aliphatic heterocycles. The Morgan fingerprint density at radius 3 is 2.75 bits per heavy atom. The number of nitrogens with zero attached hydrogens (tertiary/aromatic N) is 1. The standard InChI is InChI=1S/C12H20ClNO2/c1-9(13)11(15)14-6-10(7-16-2)12(8-14)4-3-5-12/h9-10H,3-8H2,1-2H3/t9-,10+/m1/s1. The van der Waals surface area contributed by atoms with E-state index in [1.54, 1.807) is 14.0 Å². The van der Waals surface area contributed by atoms with Crippen molar-refractivity contribution < 1.29 is 9.53 Å². The van der Waals surface area contributed by atoms with Gasteiger partial charge in [-0.25, -0.2) is 0 Å². The van der Waals surface area contributed by atoms with E-state index < -0.39 is 5.38 Å². The fourth-order valence-electron chi connectivity index (χ4n) is 3.08. The second kappa shape index (κ2) is 4.53. The molecule has 0 unspecified atom stereocenters. The maximum absolute atomic E-state index is 11.9. The minimum absolute atomic E-state index is 0.0755. The first-order valence-corrected chi connectivity index (χ1v) is 6.44. The van der Waals surface area contributed by atoms with E-state index in [0.29, 0.717) is 11.3 Å². The maximum atomic E-state index is 11.9. The monoisotopic (exact) mass is 245 g/mol. The van der Waals surface area contributed by atoms with Gasteiger partial charge in [0.1, 0.15) is 5.38 Å². The molecule has 1 heterocycles. The van der Waals surface area contributed by atoms with Crippen LogP contribution in [0.25, 0.3) is 0 Å². The quantitative estimate of drug-likeness (QED) is 0.711. The molecule has 0 N–H and O–H groups in total. The molecule has 2 aliphatic rings. The number of hydrogen-bond donors (Lipinski definition) is 0. The van der Waals surface area contributed by atoms with Crippen molar-refractivity contribution in [3.8, 4) is 0 Å². The minimum atomic E-state index is -0.404. The third kappa shape index (κ3) is 1.95. The van der Waals surface area contributed by atoms with E-state index in [0.717, 1.165) is 19.7 Å². The van der Waals surface area contributed by atoms with Gasteiger partial charge in [0, 0.05) is 26.1 Å². The highest BCUT2D eigenvalue weighted by Gasteiger charge is 2.51. The molecule has 3 nitrogen and oxygen atoms in total. The normalized spacial score (nSPS) is 29.2. The Kier molecular flexibility index (Phi) is 3.45. The Bertz CT molecular complexity index is 276. The molecule has 2 rings (SSSR count). The highest BCUT2D eigenvalue weighted by molar-refractivity contribution is 6.30. The van der Waals surface area contributed by atoms with Crippen LogP contribution in [0, 0.1) is 11.3 Å². The molecular formula is C12H20ClNO2. The Labute approximate surface area is 102 Å². The summed E-state index contributed by atoms with van der Waals surface area (Å²) in [5.74, 6) is 0.581. The lowest BCUT2D eigenvalue weighted by atomic mass is 9.63. The molecule has 2 fully saturated rings. The van der Waals surface area contributed by atoms with Crippen LogP contribution in [0.5, 0.6) is 0 Å². The summed E-state index contributed by atoms with van der Waals surface area (Å²) >= 11 is 5.86. The van der Waals surface area contributed by atoms with Crippen LogP contribution in [0.2, 0.25) is 0 Å². The summed E-state index contributed by atoms with van der Waals surface area (Å²) in [5.41, 5.74) is 0.345. The molecule has 0 aromatic rings. The third-order valence-electron chi connectivity index (χ3n) is 4.18. The van der Waals surface area contributed by atoms with E-state index in [4.69, 9.17) is 16.3 Å². The van der Waals surface area contributed by atoms with Gasteiger partial charge < -0.3 is 9.64 Å². The lowest BCUT2D eigenvalue weighted by Crippen LogP contribution is -2.40. The third-order valence-corrected chi connectivity index (χ3v) is 4.37. The van der Waals surface area contributed by atoms with Gasteiger partial charge in [0.05, 0.1) is 6.61 Å². The van der Waals surface area contributed by atoms with Crippen LogP contribution < -0.4 is 0 Å². The summed E-state index contributed by atoms with van der Waals surface area (Å²) < 4.78 is 5.27. The van der Waals surface area contributed by atoms with Gasteiger partial charge in [0.15, 0.2) is 0 Å². The first-order valence-electron chi connectivity index (χ1n) is 6.01. The molecule has 0 bridgehead atoms. The molecule has 92 valence electrons. The fraction of sp³-hybridized carbons (Fsp3) is 0.917.